The predicted octanol–water partition coefficient (Wildman–Crippen LogP) is 3.54. The van der Waals surface area contributed by atoms with E-state index in [1.54, 1.807) is 47.4 Å². The standard InChI is InChI=1S/C18H26O6S3/c1-25-7-4-21-17(19)15-10-14(13-24-23-6-9-27-3)11-16(12-15)18(20)22-5-8-26-2/h10-12H,4-9,13H2,1-3H3. The molecule has 152 valence electrons. The summed E-state index contributed by atoms with van der Waals surface area (Å²) in [5, 5.41) is 0. The van der Waals surface area contributed by atoms with Crippen LogP contribution in [-0.4, -0.2) is 67.8 Å². The van der Waals surface area contributed by atoms with Gasteiger partial charge in [0, 0.05) is 17.3 Å². The minimum atomic E-state index is -0.479. The van der Waals surface area contributed by atoms with E-state index in [9.17, 15) is 9.59 Å². The molecule has 0 fully saturated rings. The Morgan fingerprint density at radius 2 is 1.22 bits per heavy atom. The first-order valence-electron chi connectivity index (χ1n) is 8.31. The second kappa shape index (κ2) is 15.1. The first-order chi connectivity index (χ1) is 13.1. The maximum atomic E-state index is 12.3. The molecule has 0 atom stereocenters. The zero-order chi connectivity index (χ0) is 19.9. The summed E-state index contributed by atoms with van der Waals surface area (Å²) in [5.74, 6) is 1.28. The molecule has 27 heavy (non-hydrogen) atoms. The molecule has 0 aliphatic heterocycles. The fraction of sp³-hybridized carbons (Fsp3) is 0.556. The normalized spacial score (nSPS) is 10.6. The van der Waals surface area contributed by atoms with E-state index in [2.05, 4.69) is 0 Å². The highest BCUT2D eigenvalue weighted by atomic mass is 32.2. The molecule has 0 heterocycles. The lowest BCUT2D eigenvalue weighted by Gasteiger charge is -2.10. The van der Waals surface area contributed by atoms with Crippen molar-refractivity contribution in [2.75, 3.05) is 55.8 Å². The van der Waals surface area contributed by atoms with Crippen molar-refractivity contribution in [3.63, 3.8) is 0 Å². The number of esters is 2. The first kappa shape index (κ1) is 24.2. The van der Waals surface area contributed by atoms with Gasteiger partial charge in [0.1, 0.15) is 19.8 Å². The van der Waals surface area contributed by atoms with Crippen LogP contribution in [0.5, 0.6) is 0 Å². The van der Waals surface area contributed by atoms with E-state index >= 15 is 0 Å². The second-order valence-electron chi connectivity index (χ2n) is 5.25. The van der Waals surface area contributed by atoms with Crippen molar-refractivity contribution in [1.82, 2.24) is 0 Å². The van der Waals surface area contributed by atoms with Crippen molar-refractivity contribution in [3.05, 3.63) is 34.9 Å². The number of benzene rings is 1. The lowest BCUT2D eigenvalue weighted by Crippen LogP contribution is -2.13. The monoisotopic (exact) mass is 434 g/mol. The summed E-state index contributed by atoms with van der Waals surface area (Å²) in [6, 6.07) is 4.76. The van der Waals surface area contributed by atoms with Gasteiger partial charge >= 0.3 is 11.9 Å². The Labute approximate surface area is 173 Å². The maximum absolute atomic E-state index is 12.3. The molecule has 0 amide bonds. The van der Waals surface area contributed by atoms with Crippen molar-refractivity contribution in [3.8, 4) is 0 Å². The summed E-state index contributed by atoms with van der Waals surface area (Å²) in [6.07, 6.45) is 5.85. The van der Waals surface area contributed by atoms with E-state index in [4.69, 9.17) is 19.2 Å². The number of ether oxygens (including phenoxy) is 2. The van der Waals surface area contributed by atoms with Gasteiger partial charge in [-0.05, 0) is 42.5 Å². The van der Waals surface area contributed by atoms with Gasteiger partial charge in [-0.25, -0.2) is 19.4 Å². The van der Waals surface area contributed by atoms with Gasteiger partial charge in [-0.15, -0.1) is 0 Å². The number of carbonyl (C=O) groups excluding carboxylic acids is 2. The van der Waals surface area contributed by atoms with Gasteiger partial charge < -0.3 is 9.47 Å². The third kappa shape index (κ3) is 10.3. The van der Waals surface area contributed by atoms with Crippen molar-refractivity contribution >= 4 is 47.2 Å². The summed E-state index contributed by atoms with van der Waals surface area (Å²) in [4.78, 5) is 34.8. The van der Waals surface area contributed by atoms with E-state index in [1.165, 1.54) is 6.07 Å². The average molecular weight is 435 g/mol. The molecule has 0 N–H and O–H groups in total. The number of thioether (sulfide) groups is 3. The van der Waals surface area contributed by atoms with Crippen LogP contribution in [-0.2, 0) is 25.9 Å². The summed E-state index contributed by atoms with van der Waals surface area (Å²) in [7, 11) is 0. The van der Waals surface area contributed by atoms with Gasteiger partial charge in [0.25, 0.3) is 0 Å². The number of hydrogen-bond acceptors (Lipinski definition) is 9. The van der Waals surface area contributed by atoms with Crippen LogP contribution in [0.25, 0.3) is 0 Å². The lowest BCUT2D eigenvalue weighted by atomic mass is 10.1. The largest absolute Gasteiger partial charge is 0.461 e. The number of hydrogen-bond donors (Lipinski definition) is 0. The van der Waals surface area contributed by atoms with Crippen LogP contribution >= 0.6 is 35.3 Å². The van der Waals surface area contributed by atoms with Gasteiger partial charge in [0.2, 0.25) is 0 Å². The molecule has 6 nitrogen and oxygen atoms in total. The fourth-order valence-corrected chi connectivity index (χ4v) is 2.63. The topological polar surface area (TPSA) is 71.1 Å². The van der Waals surface area contributed by atoms with Crippen LogP contribution in [0, 0.1) is 0 Å². The molecule has 0 saturated carbocycles. The van der Waals surface area contributed by atoms with Gasteiger partial charge in [-0.1, -0.05) is 0 Å². The molecule has 0 bridgehead atoms. The molecule has 0 aromatic heterocycles. The molecule has 0 unspecified atom stereocenters. The average Bonchev–Trinajstić information content (AvgIpc) is 2.67. The SMILES string of the molecule is CSCCOOCc1cc(C(=O)OCCSC)cc(C(=O)OCCSC)c1. The summed E-state index contributed by atoms with van der Waals surface area (Å²) >= 11 is 4.82. The van der Waals surface area contributed by atoms with Crippen molar-refractivity contribution in [2.45, 2.75) is 6.61 Å². The number of carbonyl (C=O) groups is 2. The smallest absolute Gasteiger partial charge is 0.338 e. The predicted molar refractivity (Wildman–Crippen MR) is 113 cm³/mol. The zero-order valence-corrected chi connectivity index (χ0v) is 18.3. The van der Waals surface area contributed by atoms with Crippen LogP contribution in [0.3, 0.4) is 0 Å². The van der Waals surface area contributed by atoms with Crippen molar-refractivity contribution in [2.24, 2.45) is 0 Å². The Morgan fingerprint density at radius 3 is 1.70 bits per heavy atom. The van der Waals surface area contributed by atoms with Crippen LogP contribution in [0.4, 0.5) is 0 Å². The van der Waals surface area contributed by atoms with Crippen molar-refractivity contribution in [1.29, 1.82) is 0 Å². The second-order valence-corrected chi connectivity index (χ2v) is 8.21. The van der Waals surface area contributed by atoms with Crippen LogP contribution in [0.1, 0.15) is 26.3 Å². The molecule has 0 aliphatic rings. The molecule has 0 radical (unpaired) electrons. The van der Waals surface area contributed by atoms with Gasteiger partial charge in [-0.3, -0.25) is 0 Å². The highest BCUT2D eigenvalue weighted by Gasteiger charge is 2.15. The van der Waals surface area contributed by atoms with E-state index in [1.807, 2.05) is 18.8 Å². The third-order valence-electron chi connectivity index (χ3n) is 3.19. The lowest BCUT2D eigenvalue weighted by molar-refractivity contribution is -0.299. The Hall–Kier alpha value is -0.870. The van der Waals surface area contributed by atoms with Gasteiger partial charge in [0.15, 0.2) is 0 Å². The molecule has 1 aromatic rings. The first-order valence-corrected chi connectivity index (χ1v) is 12.5. The Morgan fingerprint density at radius 1 is 0.741 bits per heavy atom. The van der Waals surface area contributed by atoms with E-state index in [-0.39, 0.29) is 17.7 Å². The van der Waals surface area contributed by atoms with Crippen LogP contribution in [0.2, 0.25) is 0 Å². The zero-order valence-electron chi connectivity index (χ0n) is 15.9. The molecule has 1 rings (SSSR count). The Bertz CT molecular complexity index is 542. The summed E-state index contributed by atoms with van der Waals surface area (Å²) < 4.78 is 10.4. The van der Waals surface area contributed by atoms with E-state index < -0.39 is 11.9 Å². The summed E-state index contributed by atoms with van der Waals surface area (Å²) in [5.41, 5.74) is 1.21. The quantitative estimate of drug-likeness (QED) is 0.189. The molecule has 0 spiro atoms. The van der Waals surface area contributed by atoms with Crippen LogP contribution < -0.4 is 0 Å². The summed E-state index contributed by atoms with van der Waals surface area (Å²) in [6.45, 7) is 1.20. The molecule has 1 aromatic carbocycles. The third-order valence-corrected chi connectivity index (χ3v) is 4.91. The minimum Gasteiger partial charge on any atom is -0.461 e. The molecular formula is C18H26O6S3. The van der Waals surface area contributed by atoms with Crippen molar-refractivity contribution < 1.29 is 28.8 Å². The molecular weight excluding hydrogens is 408 g/mol. The van der Waals surface area contributed by atoms with E-state index in [0.717, 1.165) is 5.75 Å². The Kier molecular flexibility index (Phi) is 13.5. The highest BCUT2D eigenvalue weighted by Crippen LogP contribution is 2.15. The van der Waals surface area contributed by atoms with Crippen LogP contribution in [0.15, 0.2) is 18.2 Å². The Balaban J connectivity index is 2.83. The fourth-order valence-electron chi connectivity index (χ4n) is 1.90. The minimum absolute atomic E-state index is 0.116. The van der Waals surface area contributed by atoms with E-state index in [0.29, 0.717) is 36.9 Å². The molecule has 0 saturated heterocycles. The molecule has 0 aliphatic carbocycles. The highest BCUT2D eigenvalue weighted by molar-refractivity contribution is 7.99. The molecule has 9 heteroatoms. The van der Waals surface area contributed by atoms with Gasteiger partial charge in [-0.2, -0.15) is 35.3 Å². The van der Waals surface area contributed by atoms with Gasteiger partial charge in [0.05, 0.1) is 17.7 Å². The number of rotatable bonds is 14. The maximum Gasteiger partial charge on any atom is 0.338 e.